The zero-order valence-corrected chi connectivity index (χ0v) is 28.9. The Labute approximate surface area is 288 Å². The lowest BCUT2D eigenvalue weighted by Crippen LogP contribution is -2.49. The summed E-state index contributed by atoms with van der Waals surface area (Å²) in [5.41, 5.74) is 2.89. The average molecular weight is 708 g/mol. The molecule has 0 unspecified atom stereocenters. The highest BCUT2D eigenvalue weighted by atomic mass is 35.5. The average Bonchev–Trinajstić information content (AvgIpc) is 3.07. The number of imide groups is 1. The monoisotopic (exact) mass is 707 g/mol. The van der Waals surface area contributed by atoms with E-state index in [4.69, 9.17) is 16.3 Å². The molecular weight excluding hydrogens is 672 g/mol. The molecule has 4 heterocycles. The van der Waals surface area contributed by atoms with Gasteiger partial charge in [-0.2, -0.15) is 4.98 Å². The number of carbonyl (C=O) groups excluding carboxylic acids is 2. The van der Waals surface area contributed by atoms with Gasteiger partial charge >= 0.3 is 6.03 Å². The predicted octanol–water partition coefficient (Wildman–Crippen LogP) is 5.18. The fourth-order valence-electron chi connectivity index (χ4n) is 5.70. The van der Waals surface area contributed by atoms with Gasteiger partial charge in [0.1, 0.15) is 23.7 Å². The maximum absolute atomic E-state index is 15.0. The van der Waals surface area contributed by atoms with Crippen LogP contribution in [0.4, 0.5) is 43.7 Å². The number of ether oxygens (including phenoxy) is 1. The molecule has 6 rings (SSSR count). The minimum atomic E-state index is -2.56. The van der Waals surface area contributed by atoms with Gasteiger partial charge in [0, 0.05) is 68.8 Å². The van der Waals surface area contributed by atoms with Gasteiger partial charge in [0.15, 0.2) is 5.82 Å². The zero-order valence-electron chi connectivity index (χ0n) is 27.2. The summed E-state index contributed by atoms with van der Waals surface area (Å²) in [5, 5.41) is 9.66. The summed E-state index contributed by atoms with van der Waals surface area (Å²) < 4.78 is 33.5. The Bertz CT molecular complexity index is 1940. The molecule has 2 aliphatic heterocycles. The molecule has 2 aliphatic rings. The first kappa shape index (κ1) is 34.1. The summed E-state index contributed by atoms with van der Waals surface area (Å²) in [5.74, 6) is 0.407. The number of carbonyl (C=O) groups is 2. The van der Waals surface area contributed by atoms with E-state index in [1.807, 2.05) is 42.5 Å². The number of hydrogen-bond acceptors (Lipinski definition) is 11. The number of piperazine rings is 1. The van der Waals surface area contributed by atoms with Gasteiger partial charge < -0.3 is 24.8 Å². The molecule has 3 amide bonds. The van der Waals surface area contributed by atoms with Crippen LogP contribution in [-0.2, 0) is 15.9 Å². The molecule has 49 heavy (non-hydrogen) atoms. The number of anilines is 6. The smallest absolute Gasteiger partial charge is 0.328 e. The van der Waals surface area contributed by atoms with E-state index in [-0.39, 0.29) is 18.9 Å². The number of amides is 3. The Hall–Kier alpha value is -4.78. The Balaban J connectivity index is 1.08. The lowest BCUT2D eigenvalue weighted by molar-refractivity contribution is -0.120. The number of para-hydroxylation sites is 1. The molecule has 2 aromatic heterocycles. The van der Waals surface area contributed by atoms with Crippen molar-refractivity contribution in [2.75, 3.05) is 73.6 Å². The van der Waals surface area contributed by atoms with Crippen molar-refractivity contribution in [2.45, 2.75) is 13.0 Å². The summed E-state index contributed by atoms with van der Waals surface area (Å²) in [4.78, 5) is 42.4. The van der Waals surface area contributed by atoms with Gasteiger partial charge in [-0.25, -0.2) is 14.2 Å². The Morgan fingerprint density at radius 3 is 2.45 bits per heavy atom. The maximum Gasteiger partial charge on any atom is 0.328 e. The van der Waals surface area contributed by atoms with Crippen LogP contribution in [0.1, 0.15) is 12.1 Å². The molecule has 2 fully saturated rings. The SMILES string of the molecule is COc1cc(N2CCN(Cc3ncc(N4CCC(=O)NC4=O)cc3F)CC2)ccc1Nc1ncc(Cl)c(Nc2ccccc2P(C)(C)=O)n1. The highest BCUT2D eigenvalue weighted by Crippen LogP contribution is 2.39. The molecule has 0 saturated carbocycles. The first-order chi connectivity index (χ1) is 23.5. The third kappa shape index (κ3) is 7.93. The number of halogens is 2. The van der Waals surface area contributed by atoms with Crippen LogP contribution >= 0.6 is 18.7 Å². The van der Waals surface area contributed by atoms with Crippen molar-refractivity contribution in [1.82, 2.24) is 25.2 Å². The number of benzene rings is 2. The van der Waals surface area contributed by atoms with Gasteiger partial charge in [0.05, 0.1) is 42.3 Å². The number of nitrogens with one attached hydrogen (secondary N) is 3. The number of hydrogen-bond donors (Lipinski definition) is 3. The third-order valence-electron chi connectivity index (χ3n) is 8.29. The van der Waals surface area contributed by atoms with Gasteiger partial charge in [-0.3, -0.25) is 24.9 Å². The molecule has 2 saturated heterocycles. The van der Waals surface area contributed by atoms with E-state index in [2.05, 4.69) is 40.7 Å². The first-order valence-corrected chi connectivity index (χ1v) is 18.6. The van der Waals surface area contributed by atoms with Crippen LogP contribution in [0.15, 0.2) is 60.9 Å². The van der Waals surface area contributed by atoms with Crippen molar-refractivity contribution >= 4 is 70.5 Å². The molecule has 3 N–H and O–H groups in total. The highest BCUT2D eigenvalue weighted by molar-refractivity contribution is 7.70. The van der Waals surface area contributed by atoms with Crippen LogP contribution in [0.3, 0.4) is 0 Å². The first-order valence-electron chi connectivity index (χ1n) is 15.6. The quantitative estimate of drug-likeness (QED) is 0.188. The molecule has 13 nitrogen and oxygen atoms in total. The topological polar surface area (TPSA) is 145 Å². The summed E-state index contributed by atoms with van der Waals surface area (Å²) in [6, 6.07) is 13.9. The molecule has 0 atom stereocenters. The van der Waals surface area contributed by atoms with E-state index in [1.165, 1.54) is 23.4 Å². The van der Waals surface area contributed by atoms with Gasteiger partial charge in [-0.15, -0.1) is 0 Å². The van der Waals surface area contributed by atoms with Crippen LogP contribution < -0.4 is 35.8 Å². The maximum atomic E-state index is 15.0. The van der Waals surface area contributed by atoms with Gasteiger partial charge in [-0.1, -0.05) is 23.7 Å². The van der Waals surface area contributed by atoms with Crippen molar-refractivity contribution in [2.24, 2.45) is 0 Å². The van der Waals surface area contributed by atoms with Crippen molar-refractivity contribution < 1.29 is 23.3 Å². The molecule has 256 valence electrons. The van der Waals surface area contributed by atoms with Crippen LogP contribution in [-0.4, -0.2) is 85.0 Å². The number of aromatic nitrogens is 3. The number of rotatable bonds is 10. The molecule has 0 radical (unpaired) electrons. The fourth-order valence-corrected chi connectivity index (χ4v) is 6.99. The van der Waals surface area contributed by atoms with Crippen molar-refractivity contribution in [3.05, 3.63) is 77.5 Å². The van der Waals surface area contributed by atoms with Crippen LogP contribution in [0.5, 0.6) is 5.75 Å². The molecule has 0 spiro atoms. The number of urea groups is 1. The summed E-state index contributed by atoms with van der Waals surface area (Å²) in [7, 11) is -0.969. The predicted molar refractivity (Wildman–Crippen MR) is 189 cm³/mol. The third-order valence-corrected chi connectivity index (χ3v) is 10.1. The van der Waals surface area contributed by atoms with Crippen LogP contribution in [0.2, 0.25) is 5.02 Å². The largest absolute Gasteiger partial charge is 0.494 e. The molecule has 0 aliphatic carbocycles. The van der Waals surface area contributed by atoms with E-state index >= 15 is 4.39 Å². The number of methoxy groups -OCH3 is 1. The zero-order chi connectivity index (χ0) is 34.7. The molecule has 4 aromatic rings. The molecule has 0 bridgehead atoms. The molecule has 2 aromatic carbocycles. The van der Waals surface area contributed by atoms with E-state index in [0.717, 1.165) is 5.69 Å². The van der Waals surface area contributed by atoms with E-state index in [9.17, 15) is 14.2 Å². The Morgan fingerprint density at radius 1 is 0.959 bits per heavy atom. The van der Waals surface area contributed by atoms with Crippen molar-refractivity contribution in [3.63, 3.8) is 0 Å². The van der Waals surface area contributed by atoms with Crippen molar-refractivity contribution in [3.8, 4) is 5.75 Å². The minimum Gasteiger partial charge on any atom is -0.494 e. The molecule has 16 heteroatoms. The number of nitrogens with zero attached hydrogens (tertiary/aromatic N) is 6. The molecular formula is C33H36ClFN9O4P. The van der Waals surface area contributed by atoms with Gasteiger partial charge in [-0.05, 0) is 37.6 Å². The highest BCUT2D eigenvalue weighted by Gasteiger charge is 2.26. The summed E-state index contributed by atoms with van der Waals surface area (Å²) >= 11 is 6.42. The Morgan fingerprint density at radius 2 is 1.73 bits per heavy atom. The van der Waals surface area contributed by atoms with Crippen LogP contribution in [0.25, 0.3) is 0 Å². The minimum absolute atomic E-state index is 0.153. The summed E-state index contributed by atoms with van der Waals surface area (Å²) in [6.45, 7) is 6.72. The lowest BCUT2D eigenvalue weighted by atomic mass is 10.2. The van der Waals surface area contributed by atoms with E-state index < -0.39 is 19.0 Å². The summed E-state index contributed by atoms with van der Waals surface area (Å²) in [6.07, 6.45) is 3.11. The lowest BCUT2D eigenvalue weighted by Gasteiger charge is -2.36. The van der Waals surface area contributed by atoms with E-state index in [0.29, 0.717) is 83.3 Å². The normalized spacial score (nSPS) is 15.6. The fraction of sp³-hybridized carbons (Fsp3) is 0.303. The standard InChI is InChI=1S/C33H36ClFN9O4P/c1-48-28-17-21(8-9-25(28)39-32-37-19-23(34)31(41-32)38-26-6-4-5-7-29(26)49(2,3)47)43-14-12-42(13-15-43)20-27-24(35)16-22(18-36-27)44-11-10-30(45)40-33(44)46/h4-9,16-19H,10-15,20H2,1-3H3,(H,40,45,46)(H2,37,38,39,41). The van der Waals surface area contributed by atoms with E-state index in [1.54, 1.807) is 20.4 Å². The second-order valence-electron chi connectivity index (χ2n) is 12.0. The second kappa shape index (κ2) is 14.4. The van der Waals surface area contributed by atoms with Crippen molar-refractivity contribution in [1.29, 1.82) is 0 Å². The van der Waals surface area contributed by atoms with Crippen LogP contribution in [0, 0.1) is 5.82 Å². The number of pyridine rings is 1. The van der Waals surface area contributed by atoms with Gasteiger partial charge in [0.2, 0.25) is 11.9 Å². The second-order valence-corrected chi connectivity index (χ2v) is 15.6. The van der Waals surface area contributed by atoms with Gasteiger partial charge in [0.25, 0.3) is 0 Å². The Kier molecular flexibility index (Phi) is 10.00.